The van der Waals surface area contributed by atoms with E-state index in [0.717, 1.165) is 60.4 Å². The second-order valence-electron chi connectivity index (χ2n) is 18.5. The molecule has 12 nitrogen and oxygen atoms in total. The van der Waals surface area contributed by atoms with Gasteiger partial charge in [0, 0.05) is 105 Å². The van der Waals surface area contributed by atoms with Gasteiger partial charge in [-0.1, -0.05) is 208 Å². The van der Waals surface area contributed by atoms with E-state index >= 15 is 0 Å². The third-order valence-electron chi connectivity index (χ3n) is 10.9. The maximum Gasteiger partial charge on any atom is 0.304 e. The van der Waals surface area contributed by atoms with Crippen LogP contribution in [-0.4, -0.2) is 141 Å². The van der Waals surface area contributed by atoms with Crippen molar-refractivity contribution in [2.75, 3.05) is 85.1 Å². The Balaban J connectivity index is -0.0000000950. The van der Waals surface area contributed by atoms with Crippen LogP contribution in [0.15, 0.2) is 0 Å². The SMILES string of the molecule is CCCC.CCCC.CCCCCCCCCCCCCCNC(=O)CCSC.CCCCCCCCCCCCCCNC(=O)CCSC.CSCCC(=O)O.CSCCC(=O)O.CSCCC(=O)O.CSCCC(=O)O.[Au].[Au]. The molecule has 0 bridgehead atoms. The maximum atomic E-state index is 11.4. The molecule has 0 aliphatic rings. The number of aliphatic carboxylic acids is 4. The number of carbonyl (C=O) groups excluding carboxylic acids is 2. The third-order valence-corrected chi connectivity index (χ3v) is 14.5. The van der Waals surface area contributed by atoms with Crippen molar-refractivity contribution in [1.82, 2.24) is 10.6 Å². The number of nitrogens with one attached hydrogen (secondary N) is 2. The van der Waals surface area contributed by atoms with E-state index in [1.807, 2.05) is 37.5 Å². The molecule has 0 aromatic carbocycles. The number of amides is 2. The number of hydrogen-bond donors (Lipinski definition) is 6. The zero-order valence-corrected chi connectivity index (χ0v) is 62.2. The van der Waals surface area contributed by atoms with Gasteiger partial charge in [0.15, 0.2) is 0 Å². The molecule has 0 fully saturated rings. The van der Waals surface area contributed by atoms with Crippen LogP contribution < -0.4 is 10.6 Å². The van der Waals surface area contributed by atoms with Crippen LogP contribution in [0.5, 0.6) is 0 Å². The molecule has 494 valence electrons. The van der Waals surface area contributed by atoms with Gasteiger partial charge >= 0.3 is 23.9 Å². The molecule has 6 N–H and O–H groups in total. The molecule has 0 unspecified atom stereocenters. The summed E-state index contributed by atoms with van der Waals surface area (Å²) in [5, 5.41) is 38.1. The van der Waals surface area contributed by atoms with Gasteiger partial charge in [-0.15, -0.1) is 0 Å². The average molecular weight is 1620 g/mol. The Kier molecular flexibility index (Phi) is 133. The molecule has 0 rings (SSSR count). The van der Waals surface area contributed by atoms with Crippen molar-refractivity contribution in [3.63, 3.8) is 0 Å². The largest absolute Gasteiger partial charge is 0.481 e. The van der Waals surface area contributed by atoms with Crippen molar-refractivity contribution in [2.45, 2.75) is 260 Å². The molecule has 2 radical (unpaired) electrons. The maximum absolute atomic E-state index is 11.4. The molecule has 20 heteroatoms. The third kappa shape index (κ3) is 148. The monoisotopic (exact) mass is 1620 g/mol. The molecular formula is C60H126Au2N2O10S6. The first-order valence-corrected chi connectivity index (χ1v) is 38.2. The first-order valence-electron chi connectivity index (χ1n) is 29.9. The molecule has 0 aliphatic carbocycles. The Labute approximate surface area is 551 Å². The van der Waals surface area contributed by atoms with Gasteiger partial charge in [-0.3, -0.25) is 28.8 Å². The van der Waals surface area contributed by atoms with Gasteiger partial charge in [-0.25, -0.2) is 0 Å². The van der Waals surface area contributed by atoms with E-state index in [1.165, 1.54) is 167 Å². The summed E-state index contributed by atoms with van der Waals surface area (Å²) in [6.45, 7) is 15.0. The van der Waals surface area contributed by atoms with E-state index in [9.17, 15) is 28.8 Å². The Morgan fingerprint density at radius 3 is 0.562 bits per heavy atom. The zero-order chi connectivity index (χ0) is 60.8. The minimum Gasteiger partial charge on any atom is -0.481 e. The average Bonchev–Trinajstić information content (AvgIpc) is 3.42. The first kappa shape index (κ1) is 102. The molecule has 0 aromatic rings. The summed E-state index contributed by atoms with van der Waals surface area (Å²) in [4.78, 5) is 61.7. The minimum atomic E-state index is -0.714. The molecule has 0 heterocycles. The smallest absolute Gasteiger partial charge is 0.304 e. The number of carbonyl (C=O) groups is 6. The summed E-state index contributed by atoms with van der Waals surface area (Å²) >= 11 is 9.66. The van der Waals surface area contributed by atoms with Gasteiger partial charge in [0.1, 0.15) is 0 Å². The predicted molar refractivity (Wildman–Crippen MR) is 358 cm³/mol. The normalized spacial score (nSPS) is 9.45. The van der Waals surface area contributed by atoms with E-state index in [-0.39, 0.29) is 82.3 Å². The van der Waals surface area contributed by atoms with Crippen molar-refractivity contribution in [3.8, 4) is 0 Å². The quantitative estimate of drug-likeness (QED) is 0.0247. The first-order chi connectivity index (χ1) is 37.5. The second kappa shape index (κ2) is 104. The molecule has 0 aromatic heterocycles. The summed E-state index contributed by atoms with van der Waals surface area (Å²) in [7, 11) is 0. The second-order valence-corrected chi connectivity index (χ2v) is 24.4. The van der Waals surface area contributed by atoms with Gasteiger partial charge in [0.2, 0.25) is 11.8 Å². The number of thioether (sulfide) groups is 6. The molecule has 0 spiro atoms. The fourth-order valence-corrected chi connectivity index (χ4v) is 8.01. The van der Waals surface area contributed by atoms with E-state index in [1.54, 1.807) is 70.6 Å². The van der Waals surface area contributed by atoms with Crippen LogP contribution in [-0.2, 0) is 73.5 Å². The van der Waals surface area contributed by atoms with Crippen molar-refractivity contribution in [2.24, 2.45) is 0 Å². The Morgan fingerprint density at radius 1 is 0.263 bits per heavy atom. The Hall–Kier alpha value is 0.401. The summed E-state index contributed by atoms with van der Waals surface area (Å²) in [6, 6.07) is 0. The van der Waals surface area contributed by atoms with Crippen molar-refractivity contribution in [1.29, 1.82) is 0 Å². The van der Waals surface area contributed by atoms with Gasteiger partial charge in [0.25, 0.3) is 0 Å². The summed E-state index contributed by atoms with van der Waals surface area (Å²) in [5.41, 5.74) is 0. The molecule has 80 heavy (non-hydrogen) atoms. The van der Waals surface area contributed by atoms with Crippen LogP contribution in [0.1, 0.15) is 260 Å². The predicted octanol–water partition coefficient (Wildman–Crippen LogP) is 18.0. The van der Waals surface area contributed by atoms with E-state index in [2.05, 4.69) is 52.2 Å². The minimum absolute atomic E-state index is 0. The zero-order valence-electron chi connectivity index (χ0n) is 53.0. The molecular weight excluding hydrogens is 1500 g/mol. The number of rotatable bonds is 46. The van der Waals surface area contributed by atoms with Crippen molar-refractivity contribution in [3.05, 3.63) is 0 Å². The van der Waals surface area contributed by atoms with E-state index in [4.69, 9.17) is 20.4 Å². The van der Waals surface area contributed by atoms with Gasteiger partial charge in [-0.2, -0.15) is 70.6 Å². The number of carboxylic acids is 4. The summed E-state index contributed by atoms with van der Waals surface area (Å²) < 4.78 is 0. The molecule has 0 saturated heterocycles. The number of unbranched alkanes of at least 4 members (excludes halogenated alkanes) is 24. The number of carboxylic acid groups (broad SMARTS) is 4. The Bertz CT molecular complexity index is 1050. The number of hydrogen-bond acceptors (Lipinski definition) is 12. The topological polar surface area (TPSA) is 207 Å². The van der Waals surface area contributed by atoms with Crippen LogP contribution in [0.2, 0.25) is 0 Å². The Morgan fingerprint density at radius 2 is 0.425 bits per heavy atom. The summed E-state index contributed by atoms with van der Waals surface area (Å²) in [6.07, 6.45) is 52.2. The van der Waals surface area contributed by atoms with Crippen LogP contribution in [0.3, 0.4) is 0 Å². The van der Waals surface area contributed by atoms with Crippen LogP contribution >= 0.6 is 70.6 Å². The summed E-state index contributed by atoms with van der Waals surface area (Å²) in [5.74, 6) is 2.32. The molecule has 0 aliphatic heterocycles. The van der Waals surface area contributed by atoms with Crippen LogP contribution in [0.4, 0.5) is 0 Å². The fraction of sp³-hybridized carbons (Fsp3) is 0.900. The van der Waals surface area contributed by atoms with Crippen LogP contribution in [0.25, 0.3) is 0 Å². The van der Waals surface area contributed by atoms with Gasteiger partial charge in [-0.05, 0) is 50.4 Å². The molecule has 0 atom stereocenters. The van der Waals surface area contributed by atoms with E-state index < -0.39 is 23.9 Å². The standard InChI is InChI=1S/2C18H37NOS.4C4H8O2S.2C4H10.2Au/c2*1-3-4-5-6-7-8-9-10-11-12-13-14-16-19-18(20)15-17-21-2;4*1-7-3-2-4(5)6;2*1-3-4-2;;/h2*3-17H2,1-2H3,(H,19,20);4*2-3H2,1H3,(H,5,6);2*3-4H2,1-2H3;;. The van der Waals surface area contributed by atoms with Crippen LogP contribution in [0, 0.1) is 0 Å². The van der Waals surface area contributed by atoms with Gasteiger partial charge in [0.05, 0.1) is 25.7 Å². The molecule has 0 saturated carbocycles. The fourth-order valence-electron chi connectivity index (χ4n) is 5.71. The van der Waals surface area contributed by atoms with E-state index in [0.29, 0.717) is 12.8 Å². The molecule has 2 amide bonds. The van der Waals surface area contributed by atoms with Crippen molar-refractivity contribution >= 4 is 106 Å². The van der Waals surface area contributed by atoms with Crippen molar-refractivity contribution < 1.29 is 94.0 Å². The van der Waals surface area contributed by atoms with Gasteiger partial charge < -0.3 is 31.1 Å².